The molecule has 0 atom stereocenters. The fraction of sp³-hybridized carbons (Fsp3) is 0.182. The van der Waals surface area contributed by atoms with Crippen LogP contribution in [0.1, 0.15) is 0 Å². The molecular formula is C11H13ClN2O. The Kier molecular flexibility index (Phi) is 3.74. The van der Waals surface area contributed by atoms with Gasteiger partial charge in [-0.3, -0.25) is 4.79 Å². The zero-order valence-electron chi connectivity index (χ0n) is 8.75. The van der Waals surface area contributed by atoms with E-state index in [1.54, 1.807) is 12.1 Å². The number of anilines is 2. The van der Waals surface area contributed by atoms with Crippen LogP contribution in [0.4, 0.5) is 11.4 Å². The van der Waals surface area contributed by atoms with Crippen LogP contribution in [0, 0.1) is 0 Å². The number of hydrogen-bond acceptors (Lipinski definition) is 2. The van der Waals surface area contributed by atoms with Crippen molar-refractivity contribution in [3.63, 3.8) is 0 Å². The molecule has 0 saturated carbocycles. The van der Waals surface area contributed by atoms with Crippen LogP contribution in [0.15, 0.2) is 30.9 Å². The molecule has 0 radical (unpaired) electrons. The number of nitrogens with one attached hydrogen (secondary N) is 1. The van der Waals surface area contributed by atoms with Gasteiger partial charge in [0.25, 0.3) is 0 Å². The SMILES string of the molecule is C=CC(=O)Nc1cc(Cl)ccc1N(C)C. The van der Waals surface area contributed by atoms with E-state index in [1.165, 1.54) is 6.08 Å². The average Bonchev–Trinajstić information content (AvgIpc) is 2.17. The quantitative estimate of drug-likeness (QED) is 0.801. The van der Waals surface area contributed by atoms with Gasteiger partial charge in [-0.2, -0.15) is 0 Å². The van der Waals surface area contributed by atoms with Gasteiger partial charge in [-0.15, -0.1) is 0 Å². The molecule has 0 saturated heterocycles. The van der Waals surface area contributed by atoms with Crippen molar-refractivity contribution < 1.29 is 4.79 Å². The van der Waals surface area contributed by atoms with Crippen molar-refractivity contribution in [2.45, 2.75) is 0 Å². The van der Waals surface area contributed by atoms with Gasteiger partial charge in [0, 0.05) is 19.1 Å². The summed E-state index contributed by atoms with van der Waals surface area (Å²) >= 11 is 5.85. The molecule has 1 rings (SSSR count). The van der Waals surface area contributed by atoms with Gasteiger partial charge >= 0.3 is 0 Å². The minimum Gasteiger partial charge on any atom is -0.376 e. The van der Waals surface area contributed by atoms with Gasteiger partial charge in [-0.05, 0) is 24.3 Å². The minimum absolute atomic E-state index is 0.250. The second kappa shape index (κ2) is 4.84. The molecule has 15 heavy (non-hydrogen) atoms. The van der Waals surface area contributed by atoms with E-state index in [-0.39, 0.29) is 5.91 Å². The van der Waals surface area contributed by atoms with Crippen LogP contribution in [-0.4, -0.2) is 20.0 Å². The molecule has 1 N–H and O–H groups in total. The highest BCUT2D eigenvalue weighted by Gasteiger charge is 2.06. The van der Waals surface area contributed by atoms with Crippen molar-refractivity contribution in [3.8, 4) is 0 Å². The van der Waals surface area contributed by atoms with E-state index in [9.17, 15) is 4.79 Å². The number of halogens is 1. The zero-order chi connectivity index (χ0) is 11.4. The highest BCUT2D eigenvalue weighted by atomic mass is 35.5. The maximum absolute atomic E-state index is 11.2. The number of carbonyl (C=O) groups excluding carboxylic acids is 1. The number of amides is 1. The molecule has 0 unspecified atom stereocenters. The Labute approximate surface area is 94.3 Å². The first-order valence-corrected chi connectivity index (χ1v) is 4.82. The third-order valence-corrected chi connectivity index (χ3v) is 2.12. The normalized spacial score (nSPS) is 9.53. The van der Waals surface area contributed by atoms with E-state index >= 15 is 0 Å². The Morgan fingerprint density at radius 1 is 1.53 bits per heavy atom. The Balaban J connectivity index is 3.07. The second-order valence-electron chi connectivity index (χ2n) is 3.25. The molecule has 0 spiro atoms. The molecule has 80 valence electrons. The van der Waals surface area contributed by atoms with Gasteiger partial charge in [-0.1, -0.05) is 18.2 Å². The zero-order valence-corrected chi connectivity index (χ0v) is 9.51. The Morgan fingerprint density at radius 2 is 2.20 bits per heavy atom. The Hall–Kier alpha value is -1.48. The molecule has 0 aliphatic carbocycles. The molecule has 0 aliphatic heterocycles. The van der Waals surface area contributed by atoms with Crippen molar-refractivity contribution in [3.05, 3.63) is 35.9 Å². The summed E-state index contributed by atoms with van der Waals surface area (Å²) in [6.45, 7) is 3.40. The van der Waals surface area contributed by atoms with E-state index in [0.717, 1.165) is 5.69 Å². The Morgan fingerprint density at radius 3 is 2.73 bits per heavy atom. The predicted molar refractivity (Wildman–Crippen MR) is 64.6 cm³/mol. The Bertz CT molecular complexity index is 388. The van der Waals surface area contributed by atoms with E-state index < -0.39 is 0 Å². The summed E-state index contributed by atoms with van der Waals surface area (Å²) in [4.78, 5) is 13.1. The van der Waals surface area contributed by atoms with Gasteiger partial charge in [-0.25, -0.2) is 0 Å². The first-order chi connectivity index (χ1) is 7.04. The van der Waals surface area contributed by atoms with Crippen LogP contribution in [0.2, 0.25) is 5.02 Å². The number of rotatable bonds is 3. The van der Waals surface area contributed by atoms with Crippen molar-refractivity contribution in [1.29, 1.82) is 0 Å². The highest BCUT2D eigenvalue weighted by molar-refractivity contribution is 6.31. The lowest BCUT2D eigenvalue weighted by Gasteiger charge is -2.17. The molecular weight excluding hydrogens is 212 g/mol. The lowest BCUT2D eigenvalue weighted by atomic mass is 10.2. The summed E-state index contributed by atoms with van der Waals surface area (Å²) in [6.07, 6.45) is 1.22. The molecule has 3 nitrogen and oxygen atoms in total. The summed E-state index contributed by atoms with van der Waals surface area (Å²) in [6, 6.07) is 5.33. The van der Waals surface area contributed by atoms with Crippen LogP contribution < -0.4 is 10.2 Å². The number of carbonyl (C=O) groups is 1. The standard InChI is InChI=1S/C11H13ClN2O/c1-4-11(15)13-9-7-8(12)5-6-10(9)14(2)3/h4-7H,1H2,2-3H3,(H,13,15). The number of hydrogen-bond donors (Lipinski definition) is 1. The summed E-state index contributed by atoms with van der Waals surface area (Å²) in [5.74, 6) is -0.250. The summed E-state index contributed by atoms with van der Waals surface area (Å²) in [5.41, 5.74) is 1.58. The summed E-state index contributed by atoms with van der Waals surface area (Å²) in [7, 11) is 3.79. The molecule has 1 amide bonds. The molecule has 0 bridgehead atoms. The topological polar surface area (TPSA) is 32.3 Å². The maximum atomic E-state index is 11.2. The van der Waals surface area contributed by atoms with Crippen molar-refractivity contribution in [2.24, 2.45) is 0 Å². The monoisotopic (exact) mass is 224 g/mol. The average molecular weight is 225 g/mol. The number of nitrogens with zero attached hydrogens (tertiary/aromatic N) is 1. The minimum atomic E-state index is -0.250. The van der Waals surface area contributed by atoms with Gasteiger partial charge in [0.15, 0.2) is 0 Å². The molecule has 0 heterocycles. The van der Waals surface area contributed by atoms with Gasteiger partial charge in [0.2, 0.25) is 5.91 Å². The van der Waals surface area contributed by atoms with Gasteiger partial charge < -0.3 is 10.2 Å². The van der Waals surface area contributed by atoms with Crippen LogP contribution >= 0.6 is 11.6 Å². The lowest BCUT2D eigenvalue weighted by molar-refractivity contribution is -0.111. The molecule has 0 fully saturated rings. The van der Waals surface area contributed by atoms with Crippen LogP contribution in [0.3, 0.4) is 0 Å². The van der Waals surface area contributed by atoms with Gasteiger partial charge in [0.1, 0.15) is 0 Å². The molecule has 0 aromatic heterocycles. The fourth-order valence-corrected chi connectivity index (χ4v) is 1.35. The van der Waals surface area contributed by atoms with E-state index in [1.807, 2.05) is 25.1 Å². The summed E-state index contributed by atoms with van der Waals surface area (Å²) < 4.78 is 0. The molecule has 1 aromatic carbocycles. The third kappa shape index (κ3) is 2.99. The first kappa shape index (κ1) is 11.6. The third-order valence-electron chi connectivity index (χ3n) is 1.88. The van der Waals surface area contributed by atoms with Gasteiger partial charge in [0.05, 0.1) is 11.4 Å². The van der Waals surface area contributed by atoms with E-state index in [4.69, 9.17) is 11.6 Å². The van der Waals surface area contributed by atoms with Crippen molar-refractivity contribution >= 4 is 28.9 Å². The van der Waals surface area contributed by atoms with Crippen LogP contribution in [-0.2, 0) is 4.79 Å². The van der Waals surface area contributed by atoms with E-state index in [0.29, 0.717) is 10.7 Å². The lowest BCUT2D eigenvalue weighted by Crippen LogP contribution is -2.14. The molecule has 1 aromatic rings. The smallest absolute Gasteiger partial charge is 0.247 e. The molecule has 0 aliphatic rings. The van der Waals surface area contributed by atoms with Crippen LogP contribution in [0.25, 0.3) is 0 Å². The van der Waals surface area contributed by atoms with Crippen LogP contribution in [0.5, 0.6) is 0 Å². The maximum Gasteiger partial charge on any atom is 0.247 e. The number of benzene rings is 1. The summed E-state index contributed by atoms with van der Waals surface area (Å²) in [5, 5.41) is 3.28. The molecule has 4 heteroatoms. The largest absolute Gasteiger partial charge is 0.376 e. The van der Waals surface area contributed by atoms with Crippen molar-refractivity contribution in [1.82, 2.24) is 0 Å². The van der Waals surface area contributed by atoms with E-state index in [2.05, 4.69) is 11.9 Å². The highest BCUT2D eigenvalue weighted by Crippen LogP contribution is 2.27. The first-order valence-electron chi connectivity index (χ1n) is 4.45. The predicted octanol–water partition coefficient (Wildman–Crippen LogP) is 2.53. The second-order valence-corrected chi connectivity index (χ2v) is 3.69. The fourth-order valence-electron chi connectivity index (χ4n) is 1.18. The van der Waals surface area contributed by atoms with Crippen molar-refractivity contribution in [2.75, 3.05) is 24.3 Å².